The van der Waals surface area contributed by atoms with Crippen LogP contribution < -0.4 is 0 Å². The van der Waals surface area contributed by atoms with Crippen molar-refractivity contribution < 1.29 is 19.5 Å². The molecule has 0 amide bonds. The molecule has 5 nitrogen and oxygen atoms in total. The van der Waals surface area contributed by atoms with E-state index in [-0.39, 0.29) is 13.2 Å². The van der Waals surface area contributed by atoms with Crippen molar-refractivity contribution in [1.82, 2.24) is 0 Å². The van der Waals surface area contributed by atoms with Crippen LogP contribution in [0.1, 0.15) is 22.3 Å². The average Bonchev–Trinajstić information content (AvgIpc) is 4.25. The molecule has 2 spiro atoms. The lowest BCUT2D eigenvalue weighted by atomic mass is 9.53. The maximum absolute atomic E-state index is 15.6. The molecule has 0 atom stereocenters. The van der Waals surface area contributed by atoms with Gasteiger partial charge < -0.3 is 14.7 Å². The lowest BCUT2D eigenvalue weighted by molar-refractivity contribution is -0.136. The molecular weight excluding hydrogens is 847 g/mol. The third-order valence-electron chi connectivity index (χ3n) is 24.4. The summed E-state index contributed by atoms with van der Waals surface area (Å²) in [6, 6.07) is 0. The number of aliphatic hydroxyl groups is 1. The molecule has 0 saturated carbocycles. The molecular formula is C64H5NO4. The lowest BCUT2D eigenvalue weighted by Crippen LogP contribution is -2.55. The van der Waals surface area contributed by atoms with Gasteiger partial charge in [0.05, 0.1) is 6.61 Å². The number of esters is 1. The Morgan fingerprint density at radius 3 is 0.710 bits per heavy atom. The monoisotopic (exact) mass is 851 g/mol. The Balaban J connectivity index is 1.20. The summed E-state index contributed by atoms with van der Waals surface area (Å²) in [6.45, 7) is -0.333. The second kappa shape index (κ2) is 5.70. The van der Waals surface area contributed by atoms with Gasteiger partial charge in [-0.15, -0.1) is 0 Å². The predicted molar refractivity (Wildman–Crippen MR) is 280 cm³/mol. The molecule has 0 bridgehead atoms. The maximum atomic E-state index is 15.6. The van der Waals surface area contributed by atoms with Crippen LogP contribution in [0.5, 0.6) is 0 Å². The van der Waals surface area contributed by atoms with Crippen molar-refractivity contribution in [3.05, 3.63) is 22.3 Å². The van der Waals surface area contributed by atoms with Gasteiger partial charge in [-0.05, 0) is 302 Å². The third-order valence-corrected chi connectivity index (χ3v) is 24.4. The lowest BCUT2D eigenvalue weighted by Gasteiger charge is -2.47. The normalized spacial score (nSPS) is 22.5. The molecule has 0 fully saturated rings. The summed E-state index contributed by atoms with van der Waals surface area (Å²) in [6.07, 6.45) is 0. The van der Waals surface area contributed by atoms with Crippen LogP contribution in [0.3, 0.4) is 0 Å². The molecule has 4 aliphatic carbocycles. The standard InChI is InChI=1S/C64H5NO4/c66-1-2-68-62(67)61-63-57-49-41-31-21-13-5-3-4-7-11-9(5)17-25-19(11)29-23-15(7)16-8(4)12-10-6(3)14(13)22-28-18(10)26-20(12)30-24(16)34-33(23)45-39(29)47-37(25)43(35(41)27(17)21)51(57)53(47)59-55(45)56-46(34)40(30)48-38(26)44-36(28)42(32(22)31)50(49)58(63)52(44)54(48)60(56)64(59,63)69-65-61/h66H,1-2H2. The number of hydrogen-bond acceptors (Lipinski definition) is 5. The third kappa shape index (κ3) is 1.32. The van der Waals surface area contributed by atoms with Crippen LogP contribution in [0, 0.1) is 0 Å². The van der Waals surface area contributed by atoms with Crippen molar-refractivity contribution in [1.29, 1.82) is 0 Å². The summed E-state index contributed by atoms with van der Waals surface area (Å²) in [5, 5.41) is 96.4. The highest BCUT2D eigenvalue weighted by Crippen LogP contribution is 2.85. The molecule has 5 heteroatoms. The number of hydrogen-bond donors (Lipinski definition) is 1. The minimum Gasteiger partial charge on any atom is -0.459 e. The molecule has 0 aromatic heterocycles. The highest BCUT2D eigenvalue weighted by molar-refractivity contribution is 6.82. The number of carbonyl (C=O) groups excluding carboxylic acids is 1. The molecule has 33 rings (SSSR count). The first-order valence-corrected chi connectivity index (χ1v) is 25.1. The summed E-state index contributed by atoms with van der Waals surface area (Å²) >= 11 is 0. The van der Waals surface area contributed by atoms with Crippen molar-refractivity contribution in [2.45, 2.75) is 11.0 Å². The van der Waals surface area contributed by atoms with Crippen LogP contribution >= 0.6 is 0 Å². The van der Waals surface area contributed by atoms with Gasteiger partial charge in [0.15, 0.2) is 5.71 Å². The van der Waals surface area contributed by atoms with Gasteiger partial charge in [0.2, 0.25) is 5.60 Å². The Morgan fingerprint density at radius 2 is 0.507 bits per heavy atom. The van der Waals surface area contributed by atoms with Crippen LogP contribution in [0.2, 0.25) is 0 Å². The summed E-state index contributed by atoms with van der Waals surface area (Å²) < 4.78 is 6.22. The zero-order valence-electron chi connectivity index (χ0n) is 34.5. The number of benzene rings is 18. The van der Waals surface area contributed by atoms with Crippen LogP contribution in [0.25, 0.3) is 291 Å². The van der Waals surface area contributed by atoms with Crippen LogP contribution in [0.15, 0.2) is 5.16 Å². The van der Waals surface area contributed by atoms with Gasteiger partial charge in [-0.25, -0.2) is 4.79 Å². The first-order valence-electron chi connectivity index (χ1n) is 25.1. The number of aliphatic hydroxyl groups excluding tert-OH is 1. The minimum atomic E-state index is -1.12. The largest absolute Gasteiger partial charge is 0.459 e. The minimum absolute atomic E-state index is 0.0859. The highest BCUT2D eigenvalue weighted by atomic mass is 16.7. The van der Waals surface area contributed by atoms with Gasteiger partial charge in [0.25, 0.3) is 0 Å². The van der Waals surface area contributed by atoms with E-state index in [2.05, 4.69) is 0 Å². The van der Waals surface area contributed by atoms with Gasteiger partial charge >= 0.3 is 5.97 Å². The Labute approximate surface area is 371 Å². The van der Waals surface area contributed by atoms with Crippen LogP contribution in [-0.2, 0) is 25.4 Å². The van der Waals surface area contributed by atoms with Crippen molar-refractivity contribution >= 4 is 303 Å². The Morgan fingerprint density at radius 1 is 0.319 bits per heavy atom. The van der Waals surface area contributed by atoms with Crippen molar-refractivity contribution in [3.63, 3.8) is 0 Å². The topological polar surface area (TPSA) is 68.1 Å². The number of carbonyl (C=O) groups is 1. The number of oxime groups is 1. The summed E-state index contributed by atoms with van der Waals surface area (Å²) in [4.78, 5) is 23.4. The summed E-state index contributed by atoms with van der Waals surface area (Å²) in [7, 11) is 0. The molecule has 0 radical (unpaired) electrons. The summed E-state index contributed by atoms with van der Waals surface area (Å²) in [5.74, 6) is -0.460. The van der Waals surface area contributed by atoms with E-state index in [0.29, 0.717) is 5.71 Å². The molecule has 1 heterocycles. The molecule has 0 unspecified atom stereocenters. The number of rotatable bonds is 3. The van der Waals surface area contributed by atoms with E-state index in [1.54, 1.807) is 97.0 Å². The molecule has 1 N–H and O–H groups in total. The zero-order valence-corrected chi connectivity index (χ0v) is 34.5. The molecule has 5 aliphatic rings. The highest BCUT2D eigenvalue weighted by Gasteiger charge is 2.77. The van der Waals surface area contributed by atoms with Crippen molar-refractivity contribution in [2.75, 3.05) is 13.2 Å². The molecule has 28 aromatic rings. The van der Waals surface area contributed by atoms with Gasteiger partial charge in [-0.2, -0.15) is 0 Å². The predicted octanol–water partition coefficient (Wildman–Crippen LogP) is 15.2. The van der Waals surface area contributed by atoms with Crippen molar-refractivity contribution in [2.24, 2.45) is 5.16 Å². The van der Waals surface area contributed by atoms with Gasteiger partial charge in [0, 0.05) is 11.1 Å². The van der Waals surface area contributed by atoms with E-state index in [1.165, 1.54) is 216 Å². The number of nitrogens with zero attached hydrogens (tertiary/aromatic N) is 1. The molecule has 0 saturated heterocycles. The van der Waals surface area contributed by atoms with Crippen LogP contribution in [-0.4, -0.2) is 30.0 Å². The fraction of sp³-hybridized carbons (Fsp3) is 0.0625. The average molecular weight is 852 g/mol. The van der Waals surface area contributed by atoms with Gasteiger partial charge in [-0.3, -0.25) is 0 Å². The second-order valence-corrected chi connectivity index (χ2v) is 24.6. The molecule has 28 aromatic carbocycles. The smallest absolute Gasteiger partial charge is 0.357 e. The summed E-state index contributed by atoms with van der Waals surface area (Å²) in [5.41, 5.74) is 3.28. The van der Waals surface area contributed by atoms with E-state index in [0.717, 1.165) is 0 Å². The van der Waals surface area contributed by atoms with E-state index >= 15 is 4.79 Å². The van der Waals surface area contributed by atoms with E-state index in [9.17, 15) is 5.11 Å². The Kier molecular flexibility index (Phi) is 2.10. The molecule has 1 aliphatic heterocycles. The van der Waals surface area contributed by atoms with E-state index in [1.807, 2.05) is 0 Å². The van der Waals surface area contributed by atoms with Gasteiger partial charge in [-0.1, -0.05) is 5.16 Å². The zero-order chi connectivity index (χ0) is 41.2. The second-order valence-electron chi connectivity index (χ2n) is 24.6. The fourth-order valence-corrected chi connectivity index (χ4v) is 24.3. The number of ether oxygens (including phenoxy) is 1. The Hall–Kier alpha value is -8.64. The SMILES string of the molecule is O=C(OCCO)C1=NOC23c4c5c6c7c8c9c(c%10c%11c2c2c4c4c%12c5c5c6c6c8c8c%13c9c9c%10c%10c%11c%11c2c2c4c4c%12c%12c5c5c6c8c6c8c%13c9c9c%10c%10c%11c2c2c4c4c%12c5c6c5c8c9c%10c2c45)C173. The first kappa shape index (κ1) is 25.5. The molecule has 69 heavy (non-hydrogen) atoms. The van der Waals surface area contributed by atoms with Crippen LogP contribution in [0.4, 0.5) is 0 Å². The van der Waals surface area contributed by atoms with E-state index < -0.39 is 17.0 Å². The maximum Gasteiger partial charge on any atom is 0.357 e. The fourth-order valence-electron chi connectivity index (χ4n) is 24.3. The van der Waals surface area contributed by atoms with Crippen molar-refractivity contribution in [3.8, 4) is 0 Å². The van der Waals surface area contributed by atoms with Gasteiger partial charge in [0.1, 0.15) is 12.0 Å². The molecule has 290 valence electrons. The Bertz CT molecular complexity index is 7050. The van der Waals surface area contributed by atoms with E-state index in [4.69, 9.17) is 14.7 Å². The quantitative estimate of drug-likeness (QED) is 0.142. The first-order chi connectivity index (χ1) is 34.3.